The predicted molar refractivity (Wildman–Crippen MR) is 155 cm³/mol. The SMILES string of the molecule is CCC(C)NC(=O)C(Cc1ccccc1)N(Cc1ccc(Cl)cc1Cl)C(=O)CCCOc1ccc(Cl)cc1. The summed E-state index contributed by atoms with van der Waals surface area (Å²) in [6.07, 6.45) is 1.85. The number of rotatable bonds is 13. The maximum absolute atomic E-state index is 13.7. The van der Waals surface area contributed by atoms with Gasteiger partial charge in [0.05, 0.1) is 6.61 Å². The van der Waals surface area contributed by atoms with Crippen molar-refractivity contribution in [2.24, 2.45) is 0 Å². The fourth-order valence-electron chi connectivity index (χ4n) is 3.92. The van der Waals surface area contributed by atoms with Crippen LogP contribution in [-0.2, 0) is 22.6 Å². The standard InChI is InChI=1S/C30H33Cl3N2O3/c1-3-21(2)34-30(37)28(18-22-8-5-4-6-9-22)35(20-23-11-12-25(32)19-27(23)33)29(36)10-7-17-38-26-15-13-24(31)14-16-26/h4-6,8-9,11-16,19,21,28H,3,7,10,17-18,20H2,1-2H3,(H,34,37). The Bertz CT molecular complexity index is 1190. The van der Waals surface area contributed by atoms with Gasteiger partial charge in [0.1, 0.15) is 11.8 Å². The largest absolute Gasteiger partial charge is 0.494 e. The van der Waals surface area contributed by atoms with Gasteiger partial charge in [-0.1, -0.05) is 78.1 Å². The van der Waals surface area contributed by atoms with Gasteiger partial charge < -0.3 is 15.0 Å². The van der Waals surface area contributed by atoms with Gasteiger partial charge in [-0.15, -0.1) is 0 Å². The average Bonchev–Trinajstić information content (AvgIpc) is 2.91. The Balaban J connectivity index is 1.82. The number of hydrogen-bond donors (Lipinski definition) is 1. The Labute approximate surface area is 240 Å². The van der Waals surface area contributed by atoms with Crippen LogP contribution in [0.5, 0.6) is 5.75 Å². The van der Waals surface area contributed by atoms with Gasteiger partial charge in [0.15, 0.2) is 0 Å². The van der Waals surface area contributed by atoms with Crippen LogP contribution in [0.1, 0.15) is 44.2 Å². The molecule has 1 N–H and O–H groups in total. The van der Waals surface area contributed by atoms with Gasteiger partial charge in [-0.3, -0.25) is 9.59 Å². The smallest absolute Gasteiger partial charge is 0.243 e. The lowest BCUT2D eigenvalue weighted by atomic mass is 10.0. The molecule has 0 bridgehead atoms. The Morgan fingerprint density at radius 1 is 0.947 bits per heavy atom. The number of carbonyl (C=O) groups is 2. The quantitative estimate of drug-likeness (QED) is 0.217. The molecular formula is C30H33Cl3N2O3. The second-order valence-corrected chi connectivity index (χ2v) is 10.5. The highest BCUT2D eigenvalue weighted by Crippen LogP contribution is 2.25. The van der Waals surface area contributed by atoms with Gasteiger partial charge in [0.2, 0.25) is 11.8 Å². The molecule has 0 spiro atoms. The first kappa shape index (κ1) is 29.8. The number of benzene rings is 3. The average molecular weight is 576 g/mol. The van der Waals surface area contributed by atoms with Crippen molar-refractivity contribution in [1.29, 1.82) is 0 Å². The van der Waals surface area contributed by atoms with E-state index in [1.807, 2.05) is 44.2 Å². The molecule has 0 fully saturated rings. The normalized spacial score (nSPS) is 12.4. The zero-order valence-electron chi connectivity index (χ0n) is 21.6. The van der Waals surface area contributed by atoms with E-state index in [0.29, 0.717) is 40.3 Å². The molecule has 38 heavy (non-hydrogen) atoms. The minimum atomic E-state index is -0.720. The lowest BCUT2D eigenvalue weighted by Crippen LogP contribution is -2.52. The van der Waals surface area contributed by atoms with E-state index >= 15 is 0 Å². The molecular weight excluding hydrogens is 543 g/mol. The highest BCUT2D eigenvalue weighted by molar-refractivity contribution is 6.35. The van der Waals surface area contributed by atoms with Gasteiger partial charge in [0.25, 0.3) is 0 Å². The summed E-state index contributed by atoms with van der Waals surface area (Å²) in [7, 11) is 0. The van der Waals surface area contributed by atoms with Crippen LogP contribution < -0.4 is 10.1 Å². The number of ether oxygens (including phenoxy) is 1. The summed E-state index contributed by atoms with van der Waals surface area (Å²) in [5.74, 6) is 0.330. The van der Waals surface area contributed by atoms with Crippen molar-refractivity contribution in [3.05, 3.63) is 99.0 Å². The lowest BCUT2D eigenvalue weighted by Gasteiger charge is -2.32. The van der Waals surface area contributed by atoms with E-state index in [1.54, 1.807) is 47.4 Å². The van der Waals surface area contributed by atoms with Crippen LogP contribution >= 0.6 is 34.8 Å². The molecule has 0 aromatic heterocycles. The number of nitrogens with zero attached hydrogens (tertiary/aromatic N) is 1. The molecule has 3 aromatic rings. The summed E-state index contributed by atoms with van der Waals surface area (Å²) in [4.78, 5) is 28.8. The van der Waals surface area contributed by atoms with E-state index in [-0.39, 0.29) is 30.8 Å². The van der Waals surface area contributed by atoms with Gasteiger partial charge in [-0.05, 0) is 67.3 Å². The van der Waals surface area contributed by atoms with Crippen LogP contribution in [0.2, 0.25) is 15.1 Å². The molecule has 0 saturated carbocycles. The molecule has 3 aromatic carbocycles. The van der Waals surface area contributed by atoms with Crippen molar-refractivity contribution in [2.45, 2.75) is 58.2 Å². The molecule has 5 nitrogen and oxygen atoms in total. The summed E-state index contributed by atoms with van der Waals surface area (Å²) in [6.45, 7) is 4.49. The van der Waals surface area contributed by atoms with Crippen LogP contribution in [0.4, 0.5) is 0 Å². The molecule has 0 aliphatic heterocycles. The number of nitrogens with one attached hydrogen (secondary N) is 1. The summed E-state index contributed by atoms with van der Waals surface area (Å²) in [6, 6.07) is 21.2. The van der Waals surface area contributed by atoms with Crippen molar-refractivity contribution in [1.82, 2.24) is 10.2 Å². The van der Waals surface area contributed by atoms with Crippen LogP contribution in [-0.4, -0.2) is 35.4 Å². The monoisotopic (exact) mass is 574 g/mol. The van der Waals surface area contributed by atoms with E-state index < -0.39 is 6.04 Å². The third kappa shape index (κ3) is 9.23. The number of carbonyl (C=O) groups excluding carboxylic acids is 2. The summed E-state index contributed by atoms with van der Waals surface area (Å²) in [5, 5.41) is 4.65. The van der Waals surface area contributed by atoms with E-state index in [9.17, 15) is 9.59 Å². The number of hydrogen-bond acceptors (Lipinski definition) is 3. The molecule has 2 amide bonds. The predicted octanol–water partition coefficient (Wildman–Crippen LogP) is 7.36. The van der Waals surface area contributed by atoms with Crippen molar-refractivity contribution >= 4 is 46.6 Å². The van der Waals surface area contributed by atoms with Crippen LogP contribution in [0.25, 0.3) is 0 Å². The summed E-state index contributed by atoms with van der Waals surface area (Å²) < 4.78 is 5.77. The molecule has 0 saturated heterocycles. The fraction of sp³-hybridized carbons (Fsp3) is 0.333. The Hall–Kier alpha value is -2.73. The fourth-order valence-corrected chi connectivity index (χ4v) is 4.51. The van der Waals surface area contributed by atoms with Gasteiger partial charge in [-0.25, -0.2) is 0 Å². The van der Waals surface area contributed by atoms with Crippen molar-refractivity contribution in [3.8, 4) is 5.75 Å². The van der Waals surface area contributed by atoms with Crippen LogP contribution in [0.3, 0.4) is 0 Å². The molecule has 3 rings (SSSR count). The third-order valence-corrected chi connectivity index (χ3v) is 7.08. The van der Waals surface area contributed by atoms with Crippen LogP contribution in [0, 0.1) is 0 Å². The Morgan fingerprint density at radius 2 is 1.63 bits per heavy atom. The zero-order valence-corrected chi connectivity index (χ0v) is 23.9. The highest BCUT2D eigenvalue weighted by Gasteiger charge is 2.31. The maximum Gasteiger partial charge on any atom is 0.243 e. The lowest BCUT2D eigenvalue weighted by molar-refractivity contribution is -0.141. The Kier molecular flexibility index (Phi) is 11.8. The summed E-state index contributed by atoms with van der Waals surface area (Å²) >= 11 is 18.5. The van der Waals surface area contributed by atoms with E-state index in [4.69, 9.17) is 39.5 Å². The van der Waals surface area contributed by atoms with E-state index in [2.05, 4.69) is 5.32 Å². The summed E-state index contributed by atoms with van der Waals surface area (Å²) in [5.41, 5.74) is 1.68. The third-order valence-electron chi connectivity index (χ3n) is 6.25. The molecule has 8 heteroatoms. The maximum atomic E-state index is 13.7. The van der Waals surface area contributed by atoms with Crippen molar-refractivity contribution in [2.75, 3.05) is 6.61 Å². The van der Waals surface area contributed by atoms with Crippen LogP contribution in [0.15, 0.2) is 72.8 Å². The first-order valence-electron chi connectivity index (χ1n) is 12.7. The molecule has 0 radical (unpaired) electrons. The molecule has 2 atom stereocenters. The first-order chi connectivity index (χ1) is 18.3. The zero-order chi connectivity index (χ0) is 27.5. The van der Waals surface area contributed by atoms with Crippen molar-refractivity contribution < 1.29 is 14.3 Å². The second kappa shape index (κ2) is 15.0. The first-order valence-corrected chi connectivity index (χ1v) is 13.9. The molecule has 0 aliphatic rings. The van der Waals surface area contributed by atoms with E-state index in [0.717, 1.165) is 17.5 Å². The molecule has 2 unspecified atom stereocenters. The van der Waals surface area contributed by atoms with Gasteiger partial charge in [-0.2, -0.15) is 0 Å². The topological polar surface area (TPSA) is 58.6 Å². The van der Waals surface area contributed by atoms with E-state index in [1.165, 1.54) is 0 Å². The van der Waals surface area contributed by atoms with Crippen molar-refractivity contribution in [3.63, 3.8) is 0 Å². The minimum absolute atomic E-state index is 0.0235. The molecule has 0 aliphatic carbocycles. The second-order valence-electron chi connectivity index (χ2n) is 9.19. The number of halogens is 3. The molecule has 0 heterocycles. The Morgan fingerprint density at radius 3 is 2.29 bits per heavy atom. The van der Waals surface area contributed by atoms with Gasteiger partial charge >= 0.3 is 0 Å². The molecule has 202 valence electrons. The van der Waals surface area contributed by atoms with Gasteiger partial charge in [0, 0.05) is 40.5 Å². The highest BCUT2D eigenvalue weighted by atomic mass is 35.5. The minimum Gasteiger partial charge on any atom is -0.494 e. The number of amides is 2.